The van der Waals surface area contributed by atoms with Gasteiger partial charge >= 0.3 is 5.56 Å². The molecule has 0 unspecified atom stereocenters. The van der Waals surface area contributed by atoms with Gasteiger partial charge in [-0.2, -0.15) is 10.3 Å². The average molecular weight is 410 g/mol. The molecule has 1 aromatic heterocycles. The number of H-pyrrole nitrogens is 1. The van der Waals surface area contributed by atoms with Crippen molar-refractivity contribution in [2.75, 3.05) is 13.1 Å². The van der Waals surface area contributed by atoms with Crippen molar-refractivity contribution in [3.63, 3.8) is 0 Å². The number of likely N-dealkylation sites (tertiary alicyclic amines) is 1. The van der Waals surface area contributed by atoms with E-state index in [0.717, 1.165) is 23.2 Å². The van der Waals surface area contributed by atoms with Crippen molar-refractivity contribution in [3.05, 3.63) is 86.8 Å². The molecular formula is C21H20ClN5O2. The summed E-state index contributed by atoms with van der Waals surface area (Å²) >= 11 is 5.85. The second-order valence-electron chi connectivity index (χ2n) is 6.95. The second-order valence-corrected chi connectivity index (χ2v) is 7.39. The normalized spacial score (nSPS) is 15.1. The third kappa shape index (κ3) is 4.30. The van der Waals surface area contributed by atoms with E-state index >= 15 is 0 Å². The van der Waals surface area contributed by atoms with Crippen molar-refractivity contribution in [1.82, 2.24) is 20.0 Å². The number of amides is 1. The van der Waals surface area contributed by atoms with E-state index in [4.69, 9.17) is 11.6 Å². The zero-order valence-electron chi connectivity index (χ0n) is 15.7. The van der Waals surface area contributed by atoms with Crippen molar-refractivity contribution >= 4 is 23.7 Å². The van der Waals surface area contributed by atoms with Crippen LogP contribution in [-0.2, 0) is 0 Å². The summed E-state index contributed by atoms with van der Waals surface area (Å²) in [5, 5.41) is 11.1. The number of aromatic nitrogens is 3. The van der Waals surface area contributed by atoms with Gasteiger partial charge < -0.3 is 4.90 Å². The van der Waals surface area contributed by atoms with Crippen LogP contribution in [0.3, 0.4) is 0 Å². The maximum Gasteiger partial charge on any atom is 0.320 e. The van der Waals surface area contributed by atoms with Crippen LogP contribution in [0.1, 0.15) is 40.4 Å². The van der Waals surface area contributed by atoms with E-state index in [1.165, 1.54) is 11.8 Å². The third-order valence-electron chi connectivity index (χ3n) is 5.10. The summed E-state index contributed by atoms with van der Waals surface area (Å²) in [6.07, 6.45) is 3.22. The van der Waals surface area contributed by atoms with E-state index in [0.29, 0.717) is 24.0 Å². The van der Waals surface area contributed by atoms with Crippen molar-refractivity contribution in [2.45, 2.75) is 18.8 Å². The van der Waals surface area contributed by atoms with Gasteiger partial charge in [-0.25, -0.2) is 0 Å². The molecule has 1 aliphatic heterocycles. The topological polar surface area (TPSA) is 83.3 Å². The standard InChI is InChI=1S/C21H20ClN5O2/c22-18-8-6-15(7-9-18)14-23-27-21(29)19(24-25-27)20(28)26-12-10-17(11-13-26)16-4-2-1-3-5-16/h1-9,14,17,25H,10-13H2. The van der Waals surface area contributed by atoms with Crippen LogP contribution in [-0.4, -0.2) is 45.2 Å². The van der Waals surface area contributed by atoms with Gasteiger partial charge in [0.2, 0.25) is 5.69 Å². The largest absolute Gasteiger partial charge is 0.337 e. The molecule has 1 saturated heterocycles. The molecule has 0 aliphatic carbocycles. The molecule has 0 spiro atoms. The molecule has 7 nitrogen and oxygen atoms in total. The maximum atomic E-state index is 12.8. The molecule has 148 valence electrons. The highest BCUT2D eigenvalue weighted by Crippen LogP contribution is 2.28. The van der Waals surface area contributed by atoms with E-state index in [2.05, 4.69) is 27.5 Å². The first-order valence-corrected chi connectivity index (χ1v) is 9.81. The van der Waals surface area contributed by atoms with Gasteiger partial charge in [0.05, 0.1) is 6.21 Å². The molecule has 1 fully saturated rings. The Kier molecular flexibility index (Phi) is 5.57. The lowest BCUT2D eigenvalue weighted by atomic mass is 9.89. The number of benzene rings is 2. The minimum Gasteiger partial charge on any atom is -0.337 e. The van der Waals surface area contributed by atoms with Crippen molar-refractivity contribution < 1.29 is 4.79 Å². The number of carbonyl (C=O) groups is 1. The predicted octanol–water partition coefficient (Wildman–Crippen LogP) is 3.13. The average Bonchev–Trinajstić information content (AvgIpc) is 3.14. The molecule has 0 bridgehead atoms. The summed E-state index contributed by atoms with van der Waals surface area (Å²) in [7, 11) is 0. The molecule has 1 amide bonds. The van der Waals surface area contributed by atoms with Gasteiger partial charge in [-0.3, -0.25) is 9.59 Å². The zero-order chi connectivity index (χ0) is 20.2. The van der Waals surface area contributed by atoms with Gasteiger partial charge in [-0.1, -0.05) is 54.1 Å². The lowest BCUT2D eigenvalue weighted by Gasteiger charge is -2.31. The Bertz CT molecular complexity index is 1060. The van der Waals surface area contributed by atoms with Crippen molar-refractivity contribution in [3.8, 4) is 0 Å². The minimum absolute atomic E-state index is 0.142. The second kappa shape index (κ2) is 8.45. The fourth-order valence-electron chi connectivity index (χ4n) is 3.47. The zero-order valence-corrected chi connectivity index (χ0v) is 16.4. The van der Waals surface area contributed by atoms with Crippen LogP contribution in [0.5, 0.6) is 0 Å². The molecule has 8 heteroatoms. The van der Waals surface area contributed by atoms with Gasteiger partial charge in [0, 0.05) is 18.1 Å². The van der Waals surface area contributed by atoms with E-state index < -0.39 is 5.56 Å². The van der Waals surface area contributed by atoms with Crippen molar-refractivity contribution in [1.29, 1.82) is 0 Å². The van der Waals surface area contributed by atoms with Gasteiger partial charge in [0.25, 0.3) is 5.91 Å². The van der Waals surface area contributed by atoms with E-state index in [9.17, 15) is 9.59 Å². The monoisotopic (exact) mass is 409 g/mol. The SMILES string of the molecule is O=C(c1n[nH]n(N=Cc2ccc(Cl)cc2)c1=O)N1CCC(c2ccccc2)CC1. The van der Waals surface area contributed by atoms with Gasteiger partial charge in [-0.15, -0.1) is 9.89 Å². The number of hydrogen-bond acceptors (Lipinski definition) is 4. The van der Waals surface area contributed by atoms with Crippen LogP contribution in [0.4, 0.5) is 0 Å². The first-order valence-electron chi connectivity index (χ1n) is 9.43. The first kappa shape index (κ1) is 19.1. The molecule has 4 rings (SSSR count). The Morgan fingerprint density at radius 3 is 2.48 bits per heavy atom. The fraction of sp³-hybridized carbons (Fsp3) is 0.238. The summed E-state index contributed by atoms with van der Waals surface area (Å²) in [4.78, 5) is 27.9. The Labute approximate surface area is 172 Å². The number of carbonyl (C=O) groups excluding carboxylic acids is 1. The Morgan fingerprint density at radius 2 is 1.79 bits per heavy atom. The number of halogens is 1. The molecule has 2 heterocycles. The number of nitrogens with zero attached hydrogens (tertiary/aromatic N) is 4. The van der Waals surface area contributed by atoms with Crippen LogP contribution in [0.25, 0.3) is 0 Å². The Morgan fingerprint density at radius 1 is 1.10 bits per heavy atom. The molecule has 2 aromatic carbocycles. The summed E-state index contributed by atoms with van der Waals surface area (Å²) < 4.78 is 0. The van der Waals surface area contributed by atoms with Crippen LogP contribution in [0, 0.1) is 0 Å². The summed E-state index contributed by atoms with van der Waals surface area (Å²) in [6, 6.07) is 17.3. The van der Waals surface area contributed by atoms with Gasteiger partial charge in [-0.05, 0) is 42.0 Å². The van der Waals surface area contributed by atoms with Crippen LogP contribution in [0.15, 0.2) is 64.5 Å². The van der Waals surface area contributed by atoms with Gasteiger partial charge in [0.1, 0.15) is 0 Å². The maximum absolute atomic E-state index is 12.8. The number of hydrogen-bond donors (Lipinski definition) is 1. The number of piperidine rings is 1. The molecule has 0 saturated carbocycles. The predicted molar refractivity (Wildman–Crippen MR) is 112 cm³/mol. The molecule has 29 heavy (non-hydrogen) atoms. The third-order valence-corrected chi connectivity index (χ3v) is 5.35. The minimum atomic E-state index is -0.564. The smallest absolute Gasteiger partial charge is 0.320 e. The highest BCUT2D eigenvalue weighted by molar-refractivity contribution is 6.30. The highest BCUT2D eigenvalue weighted by Gasteiger charge is 2.28. The lowest BCUT2D eigenvalue weighted by molar-refractivity contribution is 0.0705. The Balaban J connectivity index is 1.42. The molecule has 1 N–H and O–H groups in total. The van der Waals surface area contributed by atoms with E-state index in [1.54, 1.807) is 29.2 Å². The van der Waals surface area contributed by atoms with E-state index in [1.807, 2.05) is 18.2 Å². The molecule has 0 atom stereocenters. The quantitative estimate of drug-likeness (QED) is 0.672. The number of aromatic amines is 1. The Hall–Kier alpha value is -3.19. The molecule has 1 aliphatic rings. The van der Waals surface area contributed by atoms with Crippen LogP contribution in [0.2, 0.25) is 5.02 Å². The molecule has 3 aromatic rings. The summed E-state index contributed by atoms with van der Waals surface area (Å²) in [6.45, 7) is 1.19. The highest BCUT2D eigenvalue weighted by atomic mass is 35.5. The summed E-state index contributed by atoms with van der Waals surface area (Å²) in [5.74, 6) is 0.0678. The van der Waals surface area contributed by atoms with Crippen molar-refractivity contribution in [2.24, 2.45) is 5.10 Å². The molecule has 0 radical (unpaired) electrons. The lowest BCUT2D eigenvalue weighted by Crippen LogP contribution is -2.40. The van der Waals surface area contributed by atoms with Crippen LogP contribution >= 0.6 is 11.6 Å². The molecular weight excluding hydrogens is 390 g/mol. The first-order chi connectivity index (χ1) is 14.1. The fourth-order valence-corrected chi connectivity index (χ4v) is 3.60. The summed E-state index contributed by atoms with van der Waals surface area (Å²) in [5.41, 5.74) is 1.35. The van der Waals surface area contributed by atoms with Crippen LogP contribution < -0.4 is 5.56 Å². The number of nitrogens with one attached hydrogen (secondary N) is 1. The van der Waals surface area contributed by atoms with Gasteiger partial charge in [0.15, 0.2) is 0 Å². The van der Waals surface area contributed by atoms with E-state index in [-0.39, 0.29) is 11.6 Å². The number of rotatable bonds is 4.